The highest BCUT2D eigenvalue weighted by molar-refractivity contribution is 5.97. The molecule has 7 nitrogen and oxygen atoms in total. The van der Waals surface area contributed by atoms with E-state index in [0.29, 0.717) is 27.6 Å². The summed E-state index contributed by atoms with van der Waals surface area (Å²) in [5.74, 6) is -0.476. The number of amides is 1. The molecule has 0 aliphatic carbocycles. The van der Waals surface area contributed by atoms with Gasteiger partial charge in [-0.3, -0.25) is 9.36 Å². The van der Waals surface area contributed by atoms with Crippen molar-refractivity contribution < 1.29 is 13.6 Å². The summed E-state index contributed by atoms with van der Waals surface area (Å²) in [7, 11) is 0. The second kappa shape index (κ2) is 6.75. The van der Waals surface area contributed by atoms with E-state index in [-0.39, 0.29) is 18.3 Å². The first-order chi connectivity index (χ1) is 13.0. The Morgan fingerprint density at radius 3 is 2.74 bits per heavy atom. The average molecular weight is 370 g/mol. The number of carbonyl (C=O) groups excluding carboxylic acids is 1. The Hall–Kier alpha value is -3.36. The van der Waals surface area contributed by atoms with E-state index in [2.05, 4.69) is 25.7 Å². The SMILES string of the molecule is C[C@@H](CNC(=O)c1ccc2n[nH]nc2c1)c1nc2ccccc2n1C(F)F. The van der Waals surface area contributed by atoms with Crippen LogP contribution in [0.25, 0.3) is 22.1 Å². The molecule has 2 aromatic carbocycles. The molecule has 0 saturated carbocycles. The number of nitrogens with zero attached hydrogens (tertiary/aromatic N) is 4. The van der Waals surface area contributed by atoms with Crippen LogP contribution >= 0.6 is 0 Å². The van der Waals surface area contributed by atoms with Crippen molar-refractivity contribution >= 4 is 28.0 Å². The van der Waals surface area contributed by atoms with Gasteiger partial charge in [0, 0.05) is 18.0 Å². The van der Waals surface area contributed by atoms with Crippen LogP contribution in [0.5, 0.6) is 0 Å². The first kappa shape index (κ1) is 17.1. The molecule has 2 heterocycles. The number of hydrogen-bond donors (Lipinski definition) is 2. The monoisotopic (exact) mass is 370 g/mol. The molecule has 0 radical (unpaired) electrons. The van der Waals surface area contributed by atoms with E-state index < -0.39 is 12.5 Å². The van der Waals surface area contributed by atoms with Crippen molar-refractivity contribution in [2.45, 2.75) is 19.4 Å². The van der Waals surface area contributed by atoms with E-state index in [0.717, 1.165) is 4.57 Å². The number of H-pyrrole nitrogens is 1. The summed E-state index contributed by atoms with van der Waals surface area (Å²) in [6.07, 6.45) is 0. The normalized spacial score (nSPS) is 12.7. The van der Waals surface area contributed by atoms with Crippen LogP contribution < -0.4 is 5.32 Å². The van der Waals surface area contributed by atoms with Gasteiger partial charge in [-0.15, -0.1) is 0 Å². The molecule has 0 unspecified atom stereocenters. The molecule has 0 aliphatic heterocycles. The Bertz CT molecular complexity index is 1120. The van der Waals surface area contributed by atoms with Gasteiger partial charge in [0.2, 0.25) is 0 Å². The number of rotatable bonds is 5. The van der Waals surface area contributed by atoms with Crippen LogP contribution in [0.15, 0.2) is 42.5 Å². The van der Waals surface area contributed by atoms with Gasteiger partial charge in [-0.05, 0) is 30.3 Å². The summed E-state index contributed by atoms with van der Waals surface area (Å²) in [4.78, 5) is 16.7. The van der Waals surface area contributed by atoms with Crippen LogP contribution in [0.3, 0.4) is 0 Å². The average Bonchev–Trinajstić information content (AvgIpc) is 3.29. The fourth-order valence-corrected chi connectivity index (χ4v) is 3.04. The molecular weight excluding hydrogens is 354 g/mol. The fourth-order valence-electron chi connectivity index (χ4n) is 3.04. The molecule has 0 spiro atoms. The van der Waals surface area contributed by atoms with E-state index in [9.17, 15) is 13.6 Å². The molecule has 1 atom stereocenters. The topological polar surface area (TPSA) is 88.5 Å². The molecule has 9 heteroatoms. The molecule has 2 N–H and O–H groups in total. The maximum atomic E-state index is 13.6. The highest BCUT2D eigenvalue weighted by Crippen LogP contribution is 2.27. The zero-order valence-corrected chi connectivity index (χ0v) is 14.4. The van der Waals surface area contributed by atoms with Crippen molar-refractivity contribution in [3.05, 3.63) is 53.9 Å². The predicted octanol–water partition coefficient (Wildman–Crippen LogP) is 3.24. The summed E-state index contributed by atoms with van der Waals surface area (Å²) in [5, 5.41) is 13.1. The standard InChI is InChI=1S/C18H16F2N6O/c1-10(16-22-13-4-2-3-5-15(13)26(16)18(19)20)9-21-17(27)11-6-7-12-14(8-11)24-25-23-12/h2-8,10,18H,9H2,1H3,(H,21,27)(H,23,24,25)/t10-/m0/s1. The van der Waals surface area contributed by atoms with Gasteiger partial charge >= 0.3 is 6.55 Å². The molecule has 0 bridgehead atoms. The third-order valence-corrected chi connectivity index (χ3v) is 4.41. The van der Waals surface area contributed by atoms with Crippen molar-refractivity contribution in [3.8, 4) is 0 Å². The number of carbonyl (C=O) groups is 1. The Morgan fingerprint density at radius 1 is 1.15 bits per heavy atom. The Kier molecular flexibility index (Phi) is 4.27. The molecule has 1 amide bonds. The van der Waals surface area contributed by atoms with Crippen LogP contribution in [0.2, 0.25) is 0 Å². The lowest BCUT2D eigenvalue weighted by Crippen LogP contribution is -2.28. The lowest BCUT2D eigenvalue weighted by molar-refractivity contribution is 0.0704. The van der Waals surface area contributed by atoms with Gasteiger partial charge in [0.15, 0.2) is 0 Å². The largest absolute Gasteiger partial charge is 0.351 e. The van der Waals surface area contributed by atoms with Crippen molar-refractivity contribution in [3.63, 3.8) is 0 Å². The maximum Gasteiger partial charge on any atom is 0.320 e. The number of aromatic nitrogens is 5. The number of aromatic amines is 1. The third-order valence-electron chi connectivity index (χ3n) is 4.41. The molecule has 4 rings (SSSR count). The maximum absolute atomic E-state index is 13.6. The van der Waals surface area contributed by atoms with E-state index >= 15 is 0 Å². The van der Waals surface area contributed by atoms with E-state index in [4.69, 9.17) is 0 Å². The zero-order chi connectivity index (χ0) is 19.0. The number of para-hydroxylation sites is 2. The second-order valence-corrected chi connectivity index (χ2v) is 6.24. The third kappa shape index (κ3) is 3.12. The van der Waals surface area contributed by atoms with Crippen LogP contribution in [0.1, 0.15) is 35.6 Å². The van der Waals surface area contributed by atoms with Crippen LogP contribution in [-0.2, 0) is 0 Å². The van der Waals surface area contributed by atoms with E-state index in [1.807, 2.05) is 0 Å². The number of imidazole rings is 1. The lowest BCUT2D eigenvalue weighted by Gasteiger charge is -2.15. The molecule has 0 fully saturated rings. The molecule has 0 saturated heterocycles. The summed E-state index contributed by atoms with van der Waals surface area (Å²) >= 11 is 0. The minimum atomic E-state index is -2.71. The van der Waals surface area contributed by atoms with Crippen LogP contribution in [0.4, 0.5) is 8.78 Å². The van der Waals surface area contributed by atoms with Gasteiger partial charge in [0.1, 0.15) is 16.9 Å². The summed E-state index contributed by atoms with van der Waals surface area (Å²) in [6, 6.07) is 11.7. The quantitative estimate of drug-likeness (QED) is 0.564. The summed E-state index contributed by atoms with van der Waals surface area (Å²) < 4.78 is 28.0. The number of halogens is 2. The van der Waals surface area contributed by atoms with Gasteiger partial charge < -0.3 is 5.32 Å². The summed E-state index contributed by atoms with van der Waals surface area (Å²) in [5.41, 5.74) is 2.53. The Morgan fingerprint density at radius 2 is 1.93 bits per heavy atom. The van der Waals surface area contributed by atoms with Crippen LogP contribution in [0, 0.1) is 0 Å². The Labute approximate surface area is 152 Å². The van der Waals surface area contributed by atoms with Gasteiger partial charge in [-0.25, -0.2) is 4.98 Å². The van der Waals surface area contributed by atoms with Gasteiger partial charge in [0.25, 0.3) is 5.91 Å². The number of hydrogen-bond acceptors (Lipinski definition) is 4. The number of alkyl halides is 2. The van der Waals surface area contributed by atoms with Crippen molar-refractivity contribution in [2.75, 3.05) is 6.54 Å². The van der Waals surface area contributed by atoms with Crippen molar-refractivity contribution in [2.24, 2.45) is 0 Å². The van der Waals surface area contributed by atoms with Gasteiger partial charge in [-0.1, -0.05) is 19.1 Å². The molecule has 27 heavy (non-hydrogen) atoms. The van der Waals surface area contributed by atoms with Crippen molar-refractivity contribution in [1.29, 1.82) is 0 Å². The van der Waals surface area contributed by atoms with E-state index in [1.54, 1.807) is 49.4 Å². The minimum absolute atomic E-state index is 0.172. The molecule has 138 valence electrons. The second-order valence-electron chi connectivity index (χ2n) is 6.24. The number of nitrogens with one attached hydrogen (secondary N) is 2. The first-order valence-corrected chi connectivity index (χ1v) is 8.38. The molecule has 4 aromatic rings. The highest BCUT2D eigenvalue weighted by atomic mass is 19.3. The van der Waals surface area contributed by atoms with Crippen molar-refractivity contribution in [1.82, 2.24) is 30.3 Å². The first-order valence-electron chi connectivity index (χ1n) is 8.38. The Balaban J connectivity index is 1.53. The molecule has 2 aromatic heterocycles. The van der Waals surface area contributed by atoms with E-state index in [1.165, 1.54) is 0 Å². The van der Waals surface area contributed by atoms with Crippen LogP contribution in [-0.4, -0.2) is 37.4 Å². The smallest absolute Gasteiger partial charge is 0.320 e. The van der Waals surface area contributed by atoms with Gasteiger partial charge in [-0.2, -0.15) is 24.2 Å². The lowest BCUT2D eigenvalue weighted by atomic mass is 10.1. The fraction of sp³-hybridized carbons (Fsp3) is 0.222. The number of benzene rings is 2. The predicted molar refractivity (Wildman–Crippen MR) is 95.6 cm³/mol. The minimum Gasteiger partial charge on any atom is -0.351 e. The highest BCUT2D eigenvalue weighted by Gasteiger charge is 2.22. The molecular formula is C18H16F2N6O. The zero-order valence-electron chi connectivity index (χ0n) is 14.4. The summed E-state index contributed by atoms with van der Waals surface area (Å²) in [6.45, 7) is -0.785. The molecule has 0 aliphatic rings. The number of fused-ring (bicyclic) bond motifs is 2. The van der Waals surface area contributed by atoms with Gasteiger partial charge in [0.05, 0.1) is 11.0 Å².